The van der Waals surface area contributed by atoms with Gasteiger partial charge in [0.1, 0.15) is 6.04 Å². The molecular weight excluding hydrogens is 290 g/mol. The molecule has 6 heteroatoms. The van der Waals surface area contributed by atoms with Crippen LogP contribution in [0, 0.1) is 0 Å². The zero-order valence-corrected chi connectivity index (χ0v) is 12.1. The van der Waals surface area contributed by atoms with E-state index in [2.05, 4.69) is 0 Å². The van der Waals surface area contributed by atoms with Crippen molar-refractivity contribution in [2.75, 3.05) is 6.54 Å². The predicted octanol–water partition coefficient (Wildman–Crippen LogP) is 2.08. The Balaban J connectivity index is 2.05. The fourth-order valence-electron chi connectivity index (χ4n) is 2.74. The molecule has 0 bridgehead atoms. The highest BCUT2D eigenvalue weighted by Crippen LogP contribution is 2.28. The van der Waals surface area contributed by atoms with Gasteiger partial charge in [0.15, 0.2) is 0 Å². The Hall–Kier alpha value is -1.92. The molecule has 5 nitrogen and oxygen atoms in total. The van der Waals surface area contributed by atoms with Crippen LogP contribution in [0.2, 0.25) is 0 Å². The highest BCUT2D eigenvalue weighted by molar-refractivity contribution is 7.89. The fourth-order valence-corrected chi connectivity index (χ4v) is 4.42. The lowest BCUT2D eigenvalue weighted by Gasteiger charge is -2.21. The number of hydrogen-bond donors (Lipinski definition) is 1. The molecule has 0 amide bonds. The van der Waals surface area contributed by atoms with Crippen molar-refractivity contribution in [2.24, 2.45) is 0 Å². The fraction of sp³-hybridized carbons (Fsp3) is 0.267. The SMILES string of the molecule is O=C(O)[C@H]1CCCN1S(=O)(=O)c1ccc2ccccc2c1. The lowest BCUT2D eigenvalue weighted by molar-refractivity contribution is -0.140. The molecule has 2 aromatic rings. The minimum Gasteiger partial charge on any atom is -0.480 e. The number of nitrogens with zero attached hydrogens (tertiary/aromatic N) is 1. The van der Waals surface area contributed by atoms with Crippen molar-refractivity contribution >= 4 is 26.8 Å². The summed E-state index contributed by atoms with van der Waals surface area (Å²) in [6, 6.07) is 11.4. The molecule has 0 spiro atoms. The summed E-state index contributed by atoms with van der Waals surface area (Å²) in [4.78, 5) is 11.3. The van der Waals surface area contributed by atoms with E-state index in [0.717, 1.165) is 15.1 Å². The zero-order chi connectivity index (χ0) is 15.0. The van der Waals surface area contributed by atoms with Crippen LogP contribution in [0.4, 0.5) is 0 Å². The molecule has 110 valence electrons. The molecule has 2 aromatic carbocycles. The van der Waals surface area contributed by atoms with Crippen LogP contribution >= 0.6 is 0 Å². The van der Waals surface area contributed by atoms with Crippen LogP contribution in [0.15, 0.2) is 47.4 Å². The number of hydrogen-bond acceptors (Lipinski definition) is 3. The van der Waals surface area contributed by atoms with Crippen LogP contribution in [-0.4, -0.2) is 36.4 Å². The van der Waals surface area contributed by atoms with Crippen molar-refractivity contribution < 1.29 is 18.3 Å². The van der Waals surface area contributed by atoms with E-state index in [1.54, 1.807) is 12.1 Å². The van der Waals surface area contributed by atoms with Gasteiger partial charge in [0.05, 0.1) is 4.90 Å². The van der Waals surface area contributed by atoms with Crippen LogP contribution in [0.5, 0.6) is 0 Å². The van der Waals surface area contributed by atoms with E-state index in [0.29, 0.717) is 12.8 Å². The molecule has 0 saturated carbocycles. The molecular formula is C15H15NO4S. The maximum absolute atomic E-state index is 12.7. The molecule has 1 N–H and O–H groups in total. The Labute approximate surface area is 122 Å². The molecule has 1 atom stereocenters. The summed E-state index contributed by atoms with van der Waals surface area (Å²) in [7, 11) is -3.77. The minimum atomic E-state index is -3.77. The van der Waals surface area contributed by atoms with Gasteiger partial charge in [-0.1, -0.05) is 30.3 Å². The molecule has 1 fully saturated rings. The molecule has 0 aliphatic carbocycles. The van der Waals surface area contributed by atoms with Gasteiger partial charge in [0, 0.05) is 6.54 Å². The second-order valence-electron chi connectivity index (χ2n) is 5.12. The Morgan fingerprint density at radius 2 is 1.86 bits per heavy atom. The molecule has 0 radical (unpaired) electrons. The summed E-state index contributed by atoms with van der Waals surface area (Å²) in [5.74, 6) is -1.09. The zero-order valence-electron chi connectivity index (χ0n) is 11.3. The van der Waals surface area contributed by atoms with Crippen LogP contribution in [-0.2, 0) is 14.8 Å². The number of aliphatic carboxylic acids is 1. The van der Waals surface area contributed by atoms with Gasteiger partial charge in [0.25, 0.3) is 0 Å². The molecule has 0 unspecified atom stereocenters. The largest absolute Gasteiger partial charge is 0.480 e. The van der Waals surface area contributed by atoms with Gasteiger partial charge in [-0.2, -0.15) is 4.31 Å². The smallest absolute Gasteiger partial charge is 0.322 e. The first-order valence-corrected chi connectivity index (χ1v) is 8.17. The van der Waals surface area contributed by atoms with Crippen molar-refractivity contribution in [3.8, 4) is 0 Å². The third-order valence-electron chi connectivity index (χ3n) is 3.82. The van der Waals surface area contributed by atoms with Gasteiger partial charge in [-0.3, -0.25) is 4.79 Å². The van der Waals surface area contributed by atoms with E-state index in [1.165, 1.54) is 6.07 Å². The first-order chi connectivity index (χ1) is 10.00. The first kappa shape index (κ1) is 14.0. The molecule has 0 aromatic heterocycles. The molecule has 1 aliphatic heterocycles. The van der Waals surface area contributed by atoms with Gasteiger partial charge in [0.2, 0.25) is 10.0 Å². The Kier molecular flexibility index (Phi) is 3.43. The van der Waals surface area contributed by atoms with Gasteiger partial charge < -0.3 is 5.11 Å². The van der Waals surface area contributed by atoms with Crippen LogP contribution in [0.1, 0.15) is 12.8 Å². The number of carboxylic acids is 1. The van der Waals surface area contributed by atoms with Crippen LogP contribution < -0.4 is 0 Å². The summed E-state index contributed by atoms with van der Waals surface area (Å²) in [5, 5.41) is 10.9. The van der Waals surface area contributed by atoms with Crippen molar-refractivity contribution in [1.29, 1.82) is 0 Å². The molecule has 1 aliphatic rings. The van der Waals surface area contributed by atoms with Crippen LogP contribution in [0.25, 0.3) is 10.8 Å². The standard InChI is InChI=1S/C15H15NO4S/c17-15(18)14-6-3-9-16(14)21(19,20)13-8-7-11-4-1-2-5-12(11)10-13/h1-2,4-5,7-8,10,14H,3,6,9H2,(H,17,18)/t14-/m1/s1. The van der Waals surface area contributed by atoms with Crippen LogP contribution in [0.3, 0.4) is 0 Å². The maximum atomic E-state index is 12.7. The summed E-state index contributed by atoms with van der Waals surface area (Å²) in [6.45, 7) is 0.256. The summed E-state index contributed by atoms with van der Waals surface area (Å²) >= 11 is 0. The van der Waals surface area contributed by atoms with E-state index in [4.69, 9.17) is 5.11 Å². The number of carbonyl (C=O) groups is 1. The summed E-state index contributed by atoms with van der Waals surface area (Å²) in [6.07, 6.45) is 0.936. The second-order valence-corrected chi connectivity index (χ2v) is 7.01. The van der Waals surface area contributed by atoms with E-state index >= 15 is 0 Å². The number of rotatable bonds is 3. The highest BCUT2D eigenvalue weighted by atomic mass is 32.2. The van der Waals surface area contributed by atoms with Crippen molar-refractivity contribution in [2.45, 2.75) is 23.8 Å². The number of sulfonamides is 1. The second kappa shape index (κ2) is 5.13. The van der Waals surface area contributed by atoms with Crippen molar-refractivity contribution in [1.82, 2.24) is 4.31 Å². The number of fused-ring (bicyclic) bond motifs is 1. The third kappa shape index (κ3) is 2.41. The van der Waals surface area contributed by atoms with E-state index < -0.39 is 22.0 Å². The Bertz CT molecular complexity index is 800. The topological polar surface area (TPSA) is 74.7 Å². The van der Waals surface area contributed by atoms with E-state index in [-0.39, 0.29) is 11.4 Å². The summed E-state index contributed by atoms with van der Waals surface area (Å²) < 4.78 is 26.4. The lowest BCUT2D eigenvalue weighted by Crippen LogP contribution is -2.40. The average molecular weight is 305 g/mol. The maximum Gasteiger partial charge on any atom is 0.322 e. The van der Waals surface area contributed by atoms with E-state index in [1.807, 2.05) is 24.3 Å². The number of benzene rings is 2. The number of carboxylic acid groups (broad SMARTS) is 1. The third-order valence-corrected chi connectivity index (χ3v) is 5.72. The van der Waals surface area contributed by atoms with Gasteiger partial charge in [-0.15, -0.1) is 0 Å². The average Bonchev–Trinajstić information content (AvgIpc) is 2.97. The van der Waals surface area contributed by atoms with Gasteiger partial charge in [-0.05, 0) is 35.7 Å². The Morgan fingerprint density at radius 1 is 1.14 bits per heavy atom. The van der Waals surface area contributed by atoms with E-state index in [9.17, 15) is 13.2 Å². The van der Waals surface area contributed by atoms with Crippen molar-refractivity contribution in [3.05, 3.63) is 42.5 Å². The molecule has 1 heterocycles. The monoisotopic (exact) mass is 305 g/mol. The predicted molar refractivity (Wildman–Crippen MR) is 78.5 cm³/mol. The lowest BCUT2D eigenvalue weighted by atomic mass is 10.1. The molecule has 21 heavy (non-hydrogen) atoms. The highest BCUT2D eigenvalue weighted by Gasteiger charge is 2.39. The molecule has 1 saturated heterocycles. The normalized spacial score (nSPS) is 19.9. The van der Waals surface area contributed by atoms with Gasteiger partial charge >= 0.3 is 5.97 Å². The summed E-state index contributed by atoms with van der Waals surface area (Å²) in [5.41, 5.74) is 0. The first-order valence-electron chi connectivity index (χ1n) is 6.73. The van der Waals surface area contributed by atoms with Crippen molar-refractivity contribution in [3.63, 3.8) is 0 Å². The molecule has 3 rings (SSSR count). The van der Waals surface area contributed by atoms with Gasteiger partial charge in [-0.25, -0.2) is 8.42 Å². The minimum absolute atomic E-state index is 0.148. The quantitative estimate of drug-likeness (QED) is 0.942. The Morgan fingerprint density at radius 3 is 2.57 bits per heavy atom.